The van der Waals surface area contributed by atoms with Crippen LogP contribution in [0, 0.1) is 5.92 Å². The number of thioether (sulfide) groups is 1. The van der Waals surface area contributed by atoms with E-state index in [4.69, 9.17) is 5.73 Å². The summed E-state index contributed by atoms with van der Waals surface area (Å²) in [5.74, 6) is -3.13. The highest BCUT2D eigenvalue weighted by Gasteiger charge is 2.14. The maximum atomic E-state index is 12.3. The number of benzene rings is 1. The van der Waals surface area contributed by atoms with Crippen molar-refractivity contribution in [2.24, 2.45) is 11.7 Å². The number of carbonyl (C=O) groups is 1. The lowest BCUT2D eigenvalue weighted by atomic mass is 10.1. The van der Waals surface area contributed by atoms with Gasteiger partial charge in [0.15, 0.2) is 0 Å². The van der Waals surface area contributed by atoms with E-state index >= 15 is 0 Å². The average molecular weight is 297 g/mol. The van der Waals surface area contributed by atoms with Gasteiger partial charge in [-0.25, -0.2) is 0 Å². The predicted octanol–water partition coefficient (Wildman–Crippen LogP) is 2.96. The van der Waals surface area contributed by atoms with Crippen molar-refractivity contribution in [3.63, 3.8) is 0 Å². The number of nitrogens with two attached hydrogens (primary N) is 1. The van der Waals surface area contributed by atoms with Gasteiger partial charge in [0.2, 0.25) is 5.91 Å². The van der Waals surface area contributed by atoms with Crippen molar-refractivity contribution in [2.75, 3.05) is 11.9 Å². The summed E-state index contributed by atoms with van der Waals surface area (Å²) in [6.07, 6.45) is 0. The highest BCUT2D eigenvalue weighted by molar-refractivity contribution is 7.99. The number of alkyl halides is 2. The summed E-state index contributed by atoms with van der Waals surface area (Å²) in [4.78, 5) is 11.9. The Kier molecular flexibility index (Phi) is 7.90. The van der Waals surface area contributed by atoms with Crippen molar-refractivity contribution in [3.8, 4) is 0 Å². The third-order valence-electron chi connectivity index (χ3n) is 2.16. The molecule has 0 spiro atoms. The Labute approximate surface area is 115 Å². The SMILES string of the molecule is CC(CN)C(=O)Nc1ccccc1SC(F)F.Cl. The number of carbonyl (C=O) groups excluding carboxylic acids is 1. The van der Waals surface area contributed by atoms with Crippen molar-refractivity contribution in [1.29, 1.82) is 0 Å². The van der Waals surface area contributed by atoms with Crippen LogP contribution in [-0.4, -0.2) is 18.2 Å². The third kappa shape index (κ3) is 5.20. The van der Waals surface area contributed by atoms with E-state index < -0.39 is 5.76 Å². The molecule has 0 saturated carbocycles. The number of para-hydroxylation sites is 1. The molecule has 0 radical (unpaired) electrons. The molecule has 7 heteroatoms. The first-order valence-electron chi connectivity index (χ1n) is 5.09. The van der Waals surface area contributed by atoms with Crippen LogP contribution in [0.4, 0.5) is 14.5 Å². The van der Waals surface area contributed by atoms with Crippen molar-refractivity contribution >= 4 is 35.8 Å². The second-order valence-electron chi connectivity index (χ2n) is 3.50. The molecule has 0 aliphatic heterocycles. The van der Waals surface area contributed by atoms with E-state index in [-0.39, 0.29) is 30.8 Å². The fraction of sp³-hybridized carbons (Fsp3) is 0.364. The van der Waals surface area contributed by atoms with Crippen LogP contribution in [0.1, 0.15) is 6.92 Å². The van der Waals surface area contributed by atoms with Gasteiger partial charge in [-0.3, -0.25) is 4.79 Å². The minimum absolute atomic E-state index is 0. The number of hydrogen-bond acceptors (Lipinski definition) is 3. The Balaban J connectivity index is 0.00000289. The van der Waals surface area contributed by atoms with E-state index in [2.05, 4.69) is 5.32 Å². The quantitative estimate of drug-likeness (QED) is 0.821. The van der Waals surface area contributed by atoms with Gasteiger partial charge in [0, 0.05) is 17.4 Å². The molecule has 0 aliphatic carbocycles. The summed E-state index contributed by atoms with van der Waals surface area (Å²) in [7, 11) is 0. The molecular formula is C11H15ClF2N2OS. The standard InChI is InChI=1S/C11H14F2N2OS.ClH/c1-7(6-14)10(16)15-8-4-2-3-5-9(8)17-11(12)13;/h2-5,7,11H,6,14H2,1H3,(H,15,16);1H. The van der Waals surface area contributed by atoms with E-state index in [1.807, 2.05) is 0 Å². The molecule has 1 rings (SSSR count). The molecule has 102 valence electrons. The first kappa shape index (κ1) is 17.2. The van der Waals surface area contributed by atoms with Crippen molar-refractivity contribution < 1.29 is 13.6 Å². The second kappa shape index (κ2) is 8.29. The van der Waals surface area contributed by atoms with Crippen LogP contribution in [0.2, 0.25) is 0 Å². The van der Waals surface area contributed by atoms with Gasteiger partial charge in [-0.15, -0.1) is 12.4 Å². The number of halogens is 3. The lowest BCUT2D eigenvalue weighted by molar-refractivity contribution is -0.119. The Hall–Kier alpha value is -0.850. The van der Waals surface area contributed by atoms with Crippen LogP contribution in [-0.2, 0) is 4.79 Å². The average Bonchev–Trinajstić information content (AvgIpc) is 2.29. The smallest absolute Gasteiger partial charge is 0.288 e. The fourth-order valence-corrected chi connectivity index (χ4v) is 1.73. The molecule has 0 aliphatic rings. The number of anilines is 1. The molecular weight excluding hydrogens is 282 g/mol. The normalized spacial score (nSPS) is 11.8. The molecule has 0 aromatic heterocycles. The zero-order valence-electron chi connectivity index (χ0n) is 9.73. The van der Waals surface area contributed by atoms with E-state index in [9.17, 15) is 13.6 Å². The minimum Gasteiger partial charge on any atom is -0.330 e. The van der Waals surface area contributed by atoms with Crippen LogP contribution in [0.15, 0.2) is 29.2 Å². The van der Waals surface area contributed by atoms with Gasteiger partial charge in [-0.2, -0.15) is 8.78 Å². The maximum Gasteiger partial charge on any atom is 0.288 e. The first-order chi connectivity index (χ1) is 8.04. The summed E-state index contributed by atoms with van der Waals surface area (Å²) in [6.45, 7) is 1.90. The molecule has 3 N–H and O–H groups in total. The van der Waals surface area contributed by atoms with Crippen LogP contribution in [0.3, 0.4) is 0 Å². The number of hydrogen-bond donors (Lipinski definition) is 2. The highest BCUT2D eigenvalue weighted by atomic mass is 35.5. The number of rotatable bonds is 5. The Bertz CT molecular complexity index is 393. The Morgan fingerprint density at radius 2 is 2.06 bits per heavy atom. The van der Waals surface area contributed by atoms with Crippen LogP contribution >= 0.6 is 24.2 Å². The van der Waals surface area contributed by atoms with Crippen molar-refractivity contribution in [2.45, 2.75) is 17.6 Å². The zero-order valence-corrected chi connectivity index (χ0v) is 11.4. The molecule has 1 atom stereocenters. The summed E-state index contributed by atoms with van der Waals surface area (Å²) < 4.78 is 24.6. The maximum absolute atomic E-state index is 12.3. The topological polar surface area (TPSA) is 55.1 Å². The van der Waals surface area contributed by atoms with Gasteiger partial charge < -0.3 is 11.1 Å². The first-order valence-corrected chi connectivity index (χ1v) is 5.97. The molecule has 3 nitrogen and oxygen atoms in total. The predicted molar refractivity (Wildman–Crippen MR) is 72.4 cm³/mol. The molecule has 1 aromatic carbocycles. The molecule has 1 amide bonds. The van der Waals surface area contributed by atoms with Gasteiger partial charge in [0.1, 0.15) is 0 Å². The van der Waals surface area contributed by atoms with Gasteiger partial charge in [-0.1, -0.05) is 30.8 Å². The lowest BCUT2D eigenvalue weighted by Crippen LogP contribution is -2.26. The molecule has 0 heterocycles. The second-order valence-corrected chi connectivity index (χ2v) is 4.53. The van der Waals surface area contributed by atoms with Crippen LogP contribution < -0.4 is 11.1 Å². The molecule has 1 aromatic rings. The van der Waals surface area contributed by atoms with Gasteiger partial charge in [0.05, 0.1) is 5.69 Å². The zero-order chi connectivity index (χ0) is 12.8. The summed E-state index contributed by atoms with van der Waals surface area (Å²) in [5, 5.41) is 2.59. The summed E-state index contributed by atoms with van der Waals surface area (Å²) >= 11 is 0.407. The Morgan fingerprint density at radius 1 is 1.44 bits per heavy atom. The van der Waals surface area contributed by atoms with E-state index in [0.717, 1.165) is 0 Å². The summed E-state index contributed by atoms with van der Waals surface area (Å²) in [5.41, 5.74) is 5.75. The summed E-state index contributed by atoms with van der Waals surface area (Å²) in [6, 6.07) is 6.45. The van der Waals surface area contributed by atoms with Crippen LogP contribution in [0.25, 0.3) is 0 Å². The van der Waals surface area contributed by atoms with E-state index in [0.29, 0.717) is 22.3 Å². The fourth-order valence-electron chi connectivity index (χ4n) is 1.13. The van der Waals surface area contributed by atoms with Crippen LogP contribution in [0.5, 0.6) is 0 Å². The van der Waals surface area contributed by atoms with Gasteiger partial charge in [0.25, 0.3) is 5.76 Å². The van der Waals surface area contributed by atoms with E-state index in [1.54, 1.807) is 31.2 Å². The molecule has 0 fully saturated rings. The largest absolute Gasteiger partial charge is 0.330 e. The third-order valence-corrected chi connectivity index (χ3v) is 2.95. The Morgan fingerprint density at radius 3 is 2.61 bits per heavy atom. The van der Waals surface area contributed by atoms with Crippen molar-refractivity contribution in [3.05, 3.63) is 24.3 Å². The van der Waals surface area contributed by atoms with Gasteiger partial charge >= 0.3 is 0 Å². The molecule has 1 unspecified atom stereocenters. The van der Waals surface area contributed by atoms with Crippen molar-refractivity contribution in [1.82, 2.24) is 0 Å². The molecule has 0 bridgehead atoms. The highest BCUT2D eigenvalue weighted by Crippen LogP contribution is 2.31. The molecule has 0 saturated heterocycles. The number of amides is 1. The monoisotopic (exact) mass is 296 g/mol. The van der Waals surface area contributed by atoms with Gasteiger partial charge in [-0.05, 0) is 12.1 Å². The minimum atomic E-state index is -2.51. The molecule has 18 heavy (non-hydrogen) atoms. The number of nitrogens with one attached hydrogen (secondary N) is 1. The van der Waals surface area contributed by atoms with E-state index in [1.165, 1.54) is 0 Å². The lowest BCUT2D eigenvalue weighted by Gasteiger charge is -2.13.